The molecular formula is C18H18Cl2N2O4S. The van der Waals surface area contributed by atoms with E-state index in [1.807, 2.05) is 0 Å². The van der Waals surface area contributed by atoms with Gasteiger partial charge in [0.2, 0.25) is 10.0 Å². The Labute approximate surface area is 168 Å². The number of hydrogen-bond donors (Lipinski definition) is 0. The van der Waals surface area contributed by atoms with Gasteiger partial charge in [-0.05, 0) is 24.3 Å². The Bertz CT molecular complexity index is 914. The summed E-state index contributed by atoms with van der Waals surface area (Å²) in [5.41, 5.74) is 0. The zero-order valence-corrected chi connectivity index (χ0v) is 16.7. The van der Waals surface area contributed by atoms with Crippen molar-refractivity contribution in [3.05, 3.63) is 58.6 Å². The summed E-state index contributed by atoms with van der Waals surface area (Å²) in [7, 11) is -3.54. The minimum Gasteiger partial charge on any atom is -0.482 e. The van der Waals surface area contributed by atoms with Crippen LogP contribution in [0, 0.1) is 0 Å². The summed E-state index contributed by atoms with van der Waals surface area (Å²) in [6.07, 6.45) is 0. The van der Waals surface area contributed by atoms with E-state index in [2.05, 4.69) is 0 Å². The molecule has 27 heavy (non-hydrogen) atoms. The largest absolute Gasteiger partial charge is 0.482 e. The quantitative estimate of drug-likeness (QED) is 0.733. The Morgan fingerprint density at radius 2 is 1.67 bits per heavy atom. The van der Waals surface area contributed by atoms with Gasteiger partial charge in [-0.2, -0.15) is 4.31 Å². The maximum atomic E-state index is 12.6. The van der Waals surface area contributed by atoms with Gasteiger partial charge < -0.3 is 9.64 Å². The molecule has 0 unspecified atom stereocenters. The second-order valence-corrected chi connectivity index (χ2v) is 8.74. The van der Waals surface area contributed by atoms with E-state index in [0.717, 1.165) is 0 Å². The molecule has 3 rings (SSSR count). The summed E-state index contributed by atoms with van der Waals surface area (Å²) >= 11 is 11.9. The Kier molecular flexibility index (Phi) is 6.26. The average Bonchev–Trinajstić information content (AvgIpc) is 2.69. The fraction of sp³-hybridized carbons (Fsp3) is 0.278. The summed E-state index contributed by atoms with van der Waals surface area (Å²) in [5, 5.41) is 0.826. The van der Waals surface area contributed by atoms with E-state index in [9.17, 15) is 13.2 Å². The van der Waals surface area contributed by atoms with Crippen LogP contribution >= 0.6 is 23.2 Å². The Hall–Kier alpha value is -1.80. The molecule has 1 saturated heterocycles. The molecule has 0 bridgehead atoms. The van der Waals surface area contributed by atoms with Crippen LogP contribution in [-0.4, -0.2) is 56.3 Å². The minimum atomic E-state index is -3.54. The zero-order chi connectivity index (χ0) is 19.4. The highest BCUT2D eigenvalue weighted by Crippen LogP contribution is 2.27. The van der Waals surface area contributed by atoms with Gasteiger partial charge >= 0.3 is 0 Å². The van der Waals surface area contributed by atoms with Gasteiger partial charge in [0.1, 0.15) is 5.75 Å². The molecule has 1 amide bonds. The van der Waals surface area contributed by atoms with Gasteiger partial charge in [0, 0.05) is 37.3 Å². The van der Waals surface area contributed by atoms with Crippen LogP contribution < -0.4 is 4.74 Å². The number of ether oxygens (including phenoxy) is 1. The lowest BCUT2D eigenvalue weighted by Gasteiger charge is -2.34. The summed E-state index contributed by atoms with van der Waals surface area (Å²) in [6, 6.07) is 13.0. The lowest BCUT2D eigenvalue weighted by atomic mass is 10.3. The standard InChI is InChI=1S/C18H18Cl2N2O4S/c19-14-6-7-16(20)17(12-14)26-13-18(23)21-8-10-22(11-9-21)27(24,25)15-4-2-1-3-5-15/h1-7,12H,8-11,13H2. The highest BCUT2D eigenvalue weighted by molar-refractivity contribution is 7.89. The minimum absolute atomic E-state index is 0.189. The van der Waals surface area contributed by atoms with Gasteiger partial charge in [-0.25, -0.2) is 8.42 Å². The molecule has 0 aromatic heterocycles. The van der Waals surface area contributed by atoms with Crippen LogP contribution in [-0.2, 0) is 14.8 Å². The predicted molar refractivity (Wildman–Crippen MR) is 104 cm³/mol. The van der Waals surface area contributed by atoms with Gasteiger partial charge in [0.15, 0.2) is 6.61 Å². The fourth-order valence-corrected chi connectivity index (χ4v) is 4.52. The van der Waals surface area contributed by atoms with E-state index in [0.29, 0.717) is 28.9 Å². The van der Waals surface area contributed by atoms with Crippen molar-refractivity contribution in [3.63, 3.8) is 0 Å². The van der Waals surface area contributed by atoms with Gasteiger partial charge in [-0.3, -0.25) is 4.79 Å². The number of piperazine rings is 1. The average molecular weight is 429 g/mol. The number of rotatable bonds is 5. The predicted octanol–water partition coefficient (Wildman–Crippen LogP) is 2.91. The lowest BCUT2D eigenvalue weighted by molar-refractivity contribution is -0.134. The number of nitrogens with zero attached hydrogens (tertiary/aromatic N) is 2. The summed E-state index contributed by atoms with van der Waals surface area (Å²) < 4.78 is 32.1. The van der Waals surface area contributed by atoms with Crippen LogP contribution in [0.25, 0.3) is 0 Å². The first-order chi connectivity index (χ1) is 12.9. The smallest absolute Gasteiger partial charge is 0.260 e. The van der Waals surface area contributed by atoms with Gasteiger partial charge in [-0.1, -0.05) is 41.4 Å². The number of benzene rings is 2. The Morgan fingerprint density at radius 1 is 1.00 bits per heavy atom. The van der Waals surface area contributed by atoms with Gasteiger partial charge in [-0.15, -0.1) is 0 Å². The second-order valence-electron chi connectivity index (χ2n) is 5.96. The van der Waals surface area contributed by atoms with Crippen molar-refractivity contribution < 1.29 is 17.9 Å². The summed E-state index contributed by atoms with van der Waals surface area (Å²) in [5.74, 6) is 0.102. The number of hydrogen-bond acceptors (Lipinski definition) is 4. The molecule has 1 aliphatic rings. The molecule has 144 valence electrons. The van der Waals surface area contributed by atoms with E-state index < -0.39 is 10.0 Å². The molecule has 1 heterocycles. The molecule has 0 radical (unpaired) electrons. The maximum Gasteiger partial charge on any atom is 0.260 e. The third-order valence-corrected chi connectivity index (χ3v) is 6.68. The number of carbonyl (C=O) groups is 1. The summed E-state index contributed by atoms with van der Waals surface area (Å²) in [4.78, 5) is 14.2. The van der Waals surface area contributed by atoms with E-state index in [-0.39, 0.29) is 30.5 Å². The number of carbonyl (C=O) groups excluding carboxylic acids is 1. The molecule has 0 saturated carbocycles. The van der Waals surface area contributed by atoms with Crippen molar-refractivity contribution in [3.8, 4) is 5.75 Å². The SMILES string of the molecule is O=C(COc1cc(Cl)ccc1Cl)N1CCN(S(=O)(=O)c2ccccc2)CC1. The van der Waals surface area contributed by atoms with Crippen LogP contribution in [0.1, 0.15) is 0 Å². The van der Waals surface area contributed by atoms with E-state index >= 15 is 0 Å². The van der Waals surface area contributed by atoms with Crippen molar-refractivity contribution in [1.29, 1.82) is 0 Å². The van der Waals surface area contributed by atoms with E-state index in [4.69, 9.17) is 27.9 Å². The molecule has 2 aromatic rings. The van der Waals surface area contributed by atoms with Crippen molar-refractivity contribution in [2.24, 2.45) is 0 Å². The van der Waals surface area contributed by atoms with E-state index in [1.165, 1.54) is 4.31 Å². The third kappa shape index (κ3) is 4.73. The molecule has 1 fully saturated rings. The number of amides is 1. The van der Waals surface area contributed by atoms with Crippen LogP contribution in [0.3, 0.4) is 0 Å². The van der Waals surface area contributed by atoms with Crippen LogP contribution in [0.4, 0.5) is 0 Å². The highest BCUT2D eigenvalue weighted by atomic mass is 35.5. The zero-order valence-electron chi connectivity index (χ0n) is 14.3. The number of halogens is 2. The molecule has 2 aromatic carbocycles. The maximum absolute atomic E-state index is 12.6. The molecule has 0 spiro atoms. The van der Waals surface area contributed by atoms with Crippen molar-refractivity contribution >= 4 is 39.1 Å². The molecule has 1 aliphatic heterocycles. The number of sulfonamides is 1. The van der Waals surface area contributed by atoms with Crippen molar-refractivity contribution in [2.75, 3.05) is 32.8 Å². The van der Waals surface area contributed by atoms with Crippen LogP contribution in [0.5, 0.6) is 5.75 Å². The molecule has 0 N–H and O–H groups in total. The van der Waals surface area contributed by atoms with Crippen LogP contribution in [0.15, 0.2) is 53.4 Å². The summed E-state index contributed by atoms with van der Waals surface area (Å²) in [6.45, 7) is 0.891. The molecule has 0 aliphatic carbocycles. The van der Waals surface area contributed by atoms with Crippen LogP contribution in [0.2, 0.25) is 10.0 Å². The highest BCUT2D eigenvalue weighted by Gasteiger charge is 2.30. The molecule has 0 atom stereocenters. The Morgan fingerprint density at radius 3 is 2.33 bits per heavy atom. The first-order valence-electron chi connectivity index (χ1n) is 8.29. The first kappa shape index (κ1) is 19.9. The normalized spacial score (nSPS) is 15.6. The van der Waals surface area contributed by atoms with Gasteiger partial charge in [0.25, 0.3) is 5.91 Å². The second kappa shape index (κ2) is 8.48. The topological polar surface area (TPSA) is 66.9 Å². The van der Waals surface area contributed by atoms with Crippen molar-refractivity contribution in [2.45, 2.75) is 4.90 Å². The monoisotopic (exact) mass is 428 g/mol. The lowest BCUT2D eigenvalue weighted by Crippen LogP contribution is -2.51. The molecule has 6 nitrogen and oxygen atoms in total. The first-order valence-corrected chi connectivity index (χ1v) is 10.5. The van der Waals surface area contributed by atoms with E-state index in [1.54, 1.807) is 53.4 Å². The fourth-order valence-electron chi connectivity index (χ4n) is 2.74. The molecule has 9 heteroatoms. The Balaban J connectivity index is 1.56. The van der Waals surface area contributed by atoms with Crippen molar-refractivity contribution in [1.82, 2.24) is 9.21 Å². The third-order valence-electron chi connectivity index (χ3n) is 4.22. The molecular weight excluding hydrogens is 411 g/mol. The van der Waals surface area contributed by atoms with Gasteiger partial charge in [0.05, 0.1) is 9.92 Å².